The van der Waals surface area contributed by atoms with E-state index in [1.165, 1.54) is 0 Å². The van der Waals surface area contributed by atoms with E-state index < -0.39 is 5.91 Å². The van der Waals surface area contributed by atoms with Crippen LogP contribution >= 0.6 is 0 Å². The maximum atomic E-state index is 11.8. The van der Waals surface area contributed by atoms with Gasteiger partial charge in [-0.2, -0.15) is 0 Å². The third-order valence-corrected chi connectivity index (χ3v) is 2.57. The number of benzene rings is 1. The highest BCUT2D eigenvalue weighted by atomic mass is 16.2. The summed E-state index contributed by atoms with van der Waals surface area (Å²) in [6.45, 7) is 0.612. The zero-order valence-electron chi connectivity index (χ0n) is 8.49. The van der Waals surface area contributed by atoms with Crippen molar-refractivity contribution in [3.8, 4) is 0 Å². The lowest BCUT2D eigenvalue weighted by Crippen LogP contribution is -2.20. The van der Waals surface area contributed by atoms with Crippen molar-refractivity contribution in [3.05, 3.63) is 34.9 Å². The fourth-order valence-corrected chi connectivity index (χ4v) is 1.91. The van der Waals surface area contributed by atoms with Crippen LogP contribution in [-0.2, 0) is 17.8 Å². The lowest BCUT2D eigenvalue weighted by Gasteiger charge is -2.06. The lowest BCUT2D eigenvalue weighted by atomic mass is 10.0. The van der Waals surface area contributed by atoms with E-state index in [1.807, 2.05) is 12.1 Å². The van der Waals surface area contributed by atoms with Gasteiger partial charge in [-0.3, -0.25) is 9.59 Å². The number of primary amides is 1. The number of hydrogen-bond acceptors (Lipinski definition) is 2. The van der Waals surface area contributed by atoms with Crippen LogP contribution in [0.4, 0.5) is 0 Å². The molecule has 4 heteroatoms. The number of nitrogens with zero attached hydrogens (tertiary/aromatic N) is 1. The second-order valence-corrected chi connectivity index (χ2v) is 3.76. The van der Waals surface area contributed by atoms with Crippen molar-refractivity contribution >= 4 is 11.8 Å². The van der Waals surface area contributed by atoms with E-state index in [1.54, 1.807) is 18.0 Å². The van der Waals surface area contributed by atoms with Gasteiger partial charge in [0.2, 0.25) is 5.91 Å². The Bertz CT molecular complexity index is 440. The first-order valence-corrected chi connectivity index (χ1v) is 4.74. The van der Waals surface area contributed by atoms with Gasteiger partial charge in [0.1, 0.15) is 0 Å². The Morgan fingerprint density at radius 1 is 1.53 bits per heavy atom. The number of carbonyl (C=O) groups is 2. The maximum absolute atomic E-state index is 11.8. The zero-order chi connectivity index (χ0) is 11.0. The number of fused-ring (bicyclic) bond motifs is 1. The minimum atomic E-state index is -0.411. The predicted molar refractivity (Wildman–Crippen MR) is 55.1 cm³/mol. The normalized spacial score (nSPS) is 14.2. The average molecular weight is 204 g/mol. The topological polar surface area (TPSA) is 63.4 Å². The minimum Gasteiger partial charge on any atom is -0.369 e. The SMILES string of the molecule is CN1Cc2cccc(CC(N)=O)c2C1=O. The molecule has 0 bridgehead atoms. The Balaban J connectivity index is 2.47. The molecule has 0 aromatic heterocycles. The van der Waals surface area contributed by atoms with Gasteiger partial charge < -0.3 is 10.6 Å². The number of amides is 2. The molecule has 0 saturated heterocycles. The summed E-state index contributed by atoms with van der Waals surface area (Å²) in [6, 6.07) is 5.53. The van der Waals surface area contributed by atoms with E-state index in [9.17, 15) is 9.59 Å². The first kappa shape index (κ1) is 9.71. The highest BCUT2D eigenvalue weighted by molar-refractivity contribution is 6.00. The first-order chi connectivity index (χ1) is 7.09. The fourth-order valence-electron chi connectivity index (χ4n) is 1.91. The zero-order valence-corrected chi connectivity index (χ0v) is 8.49. The van der Waals surface area contributed by atoms with Crippen LogP contribution < -0.4 is 5.73 Å². The van der Waals surface area contributed by atoms with Gasteiger partial charge >= 0.3 is 0 Å². The van der Waals surface area contributed by atoms with Crippen LogP contribution in [0.15, 0.2) is 18.2 Å². The highest BCUT2D eigenvalue weighted by Gasteiger charge is 2.27. The molecule has 1 aromatic rings. The second-order valence-electron chi connectivity index (χ2n) is 3.76. The number of nitrogens with two attached hydrogens (primary N) is 1. The summed E-state index contributed by atoms with van der Waals surface area (Å²) in [6.07, 6.45) is 0.128. The summed E-state index contributed by atoms with van der Waals surface area (Å²) >= 11 is 0. The van der Waals surface area contributed by atoms with Gasteiger partial charge in [-0.05, 0) is 11.1 Å². The van der Waals surface area contributed by atoms with Gasteiger partial charge in [0.05, 0.1) is 6.42 Å². The van der Waals surface area contributed by atoms with Gasteiger partial charge in [0.25, 0.3) is 5.91 Å². The summed E-state index contributed by atoms with van der Waals surface area (Å²) in [5, 5.41) is 0. The Labute approximate surface area is 87.7 Å². The molecule has 0 spiro atoms. The van der Waals surface area contributed by atoms with Crippen molar-refractivity contribution in [1.82, 2.24) is 4.90 Å². The van der Waals surface area contributed by atoms with Crippen molar-refractivity contribution in [3.63, 3.8) is 0 Å². The molecule has 2 amide bonds. The van der Waals surface area contributed by atoms with Crippen molar-refractivity contribution in [1.29, 1.82) is 0 Å². The molecule has 0 saturated carbocycles. The van der Waals surface area contributed by atoms with Crippen LogP contribution in [-0.4, -0.2) is 23.8 Å². The Morgan fingerprint density at radius 3 is 2.93 bits per heavy atom. The molecule has 78 valence electrons. The number of carbonyl (C=O) groups excluding carboxylic acids is 2. The second kappa shape index (κ2) is 3.38. The Morgan fingerprint density at radius 2 is 2.27 bits per heavy atom. The largest absolute Gasteiger partial charge is 0.369 e. The highest BCUT2D eigenvalue weighted by Crippen LogP contribution is 2.24. The predicted octanol–water partition coefficient (Wildman–Crippen LogP) is 0.300. The summed E-state index contributed by atoms with van der Waals surface area (Å²) in [5.41, 5.74) is 7.49. The van der Waals surface area contributed by atoms with Gasteiger partial charge in [-0.1, -0.05) is 18.2 Å². The molecule has 15 heavy (non-hydrogen) atoms. The van der Waals surface area contributed by atoms with Crippen LogP contribution in [0.25, 0.3) is 0 Å². The molecule has 1 heterocycles. The molecule has 4 nitrogen and oxygen atoms in total. The van der Waals surface area contributed by atoms with E-state index in [0.29, 0.717) is 12.1 Å². The Kier molecular flexibility index (Phi) is 2.19. The van der Waals surface area contributed by atoms with E-state index >= 15 is 0 Å². The lowest BCUT2D eigenvalue weighted by molar-refractivity contribution is -0.117. The molecule has 0 radical (unpaired) electrons. The maximum Gasteiger partial charge on any atom is 0.254 e. The number of hydrogen-bond donors (Lipinski definition) is 1. The summed E-state index contributed by atoms with van der Waals surface area (Å²) in [7, 11) is 1.75. The van der Waals surface area contributed by atoms with Crippen molar-refractivity contribution in [2.45, 2.75) is 13.0 Å². The summed E-state index contributed by atoms with van der Waals surface area (Å²) < 4.78 is 0. The van der Waals surface area contributed by atoms with Crippen LogP contribution in [0.2, 0.25) is 0 Å². The molecule has 1 aliphatic rings. The third-order valence-electron chi connectivity index (χ3n) is 2.57. The molecule has 2 rings (SSSR count). The van der Waals surface area contributed by atoms with Gasteiger partial charge in [-0.25, -0.2) is 0 Å². The van der Waals surface area contributed by atoms with Crippen LogP contribution in [0.5, 0.6) is 0 Å². The summed E-state index contributed by atoms with van der Waals surface area (Å²) in [5.74, 6) is -0.437. The standard InChI is InChI=1S/C11H12N2O2/c1-13-6-8-4-2-3-7(5-9(12)14)10(8)11(13)15/h2-4H,5-6H2,1H3,(H2,12,14). The molecular formula is C11H12N2O2. The summed E-state index contributed by atoms with van der Waals surface area (Å²) in [4.78, 5) is 24.3. The van der Waals surface area contributed by atoms with Gasteiger partial charge in [0, 0.05) is 19.2 Å². The van der Waals surface area contributed by atoms with Crippen LogP contribution in [0.1, 0.15) is 21.5 Å². The van der Waals surface area contributed by atoms with E-state index in [-0.39, 0.29) is 12.3 Å². The van der Waals surface area contributed by atoms with E-state index in [0.717, 1.165) is 11.1 Å². The monoisotopic (exact) mass is 204 g/mol. The molecule has 1 aromatic carbocycles. The van der Waals surface area contributed by atoms with Crippen LogP contribution in [0.3, 0.4) is 0 Å². The molecule has 0 aliphatic carbocycles. The fraction of sp³-hybridized carbons (Fsp3) is 0.273. The number of rotatable bonds is 2. The quantitative estimate of drug-likeness (QED) is 0.753. The van der Waals surface area contributed by atoms with Crippen molar-refractivity contribution in [2.75, 3.05) is 7.05 Å². The molecule has 0 unspecified atom stereocenters. The van der Waals surface area contributed by atoms with E-state index in [4.69, 9.17) is 5.73 Å². The van der Waals surface area contributed by atoms with Gasteiger partial charge in [0.15, 0.2) is 0 Å². The third kappa shape index (κ3) is 1.58. The molecule has 1 aliphatic heterocycles. The van der Waals surface area contributed by atoms with Gasteiger partial charge in [-0.15, -0.1) is 0 Å². The minimum absolute atomic E-state index is 0.0261. The van der Waals surface area contributed by atoms with Crippen molar-refractivity contribution in [2.24, 2.45) is 5.73 Å². The molecule has 0 atom stereocenters. The van der Waals surface area contributed by atoms with Crippen LogP contribution in [0, 0.1) is 0 Å². The smallest absolute Gasteiger partial charge is 0.254 e. The molecule has 2 N–H and O–H groups in total. The Hall–Kier alpha value is -1.84. The van der Waals surface area contributed by atoms with E-state index in [2.05, 4.69) is 0 Å². The average Bonchev–Trinajstić information content (AvgIpc) is 2.43. The van der Waals surface area contributed by atoms with Crippen molar-refractivity contribution < 1.29 is 9.59 Å². The molecular weight excluding hydrogens is 192 g/mol. The first-order valence-electron chi connectivity index (χ1n) is 4.74. The molecule has 0 fully saturated rings.